The predicted octanol–water partition coefficient (Wildman–Crippen LogP) is 3.34. The van der Waals surface area contributed by atoms with Crippen LogP contribution in [0.3, 0.4) is 0 Å². The van der Waals surface area contributed by atoms with Gasteiger partial charge in [-0.25, -0.2) is 9.37 Å². The van der Waals surface area contributed by atoms with Crippen molar-refractivity contribution in [2.24, 2.45) is 5.92 Å². The number of amides is 1. The number of carbonyl (C=O) groups excluding carboxylic acids is 2. The molecular weight excluding hydrogens is 385 g/mol. The van der Waals surface area contributed by atoms with E-state index in [1.54, 1.807) is 11.1 Å². The van der Waals surface area contributed by atoms with E-state index in [1.807, 2.05) is 17.0 Å². The predicted molar refractivity (Wildman–Crippen MR) is 115 cm³/mol. The highest BCUT2D eigenvalue weighted by molar-refractivity contribution is 5.98. The maximum absolute atomic E-state index is 13.5. The van der Waals surface area contributed by atoms with Gasteiger partial charge in [0.15, 0.2) is 0 Å². The number of piperidine rings is 1. The quantitative estimate of drug-likeness (QED) is 0.662. The first-order chi connectivity index (χ1) is 14.4. The summed E-state index contributed by atoms with van der Waals surface area (Å²) in [6.07, 6.45) is 6.32. The number of pyridine rings is 1. The van der Waals surface area contributed by atoms with Crippen molar-refractivity contribution in [3.63, 3.8) is 0 Å². The zero-order valence-corrected chi connectivity index (χ0v) is 17.1. The van der Waals surface area contributed by atoms with E-state index < -0.39 is 11.7 Å². The van der Waals surface area contributed by atoms with Crippen molar-refractivity contribution in [2.45, 2.75) is 38.2 Å². The SMILES string of the molecule is C=C/C=C(/CC(=O)C[C@@H]1CCCN(c2ccc(N3CC[C@@H](O)C3)nc2)C1=O)C(=C)F. The lowest BCUT2D eigenvalue weighted by molar-refractivity contribution is -0.128. The lowest BCUT2D eigenvalue weighted by Gasteiger charge is -2.32. The van der Waals surface area contributed by atoms with Gasteiger partial charge in [0.05, 0.1) is 18.0 Å². The fourth-order valence-corrected chi connectivity index (χ4v) is 4.02. The zero-order valence-electron chi connectivity index (χ0n) is 17.1. The van der Waals surface area contributed by atoms with Crippen LogP contribution < -0.4 is 9.80 Å². The van der Waals surface area contributed by atoms with Crippen LogP contribution in [0.4, 0.5) is 15.9 Å². The monoisotopic (exact) mass is 413 g/mol. The van der Waals surface area contributed by atoms with Crippen LogP contribution in [0.5, 0.6) is 0 Å². The fraction of sp³-hybridized carbons (Fsp3) is 0.435. The number of halogens is 1. The summed E-state index contributed by atoms with van der Waals surface area (Å²) in [7, 11) is 0. The van der Waals surface area contributed by atoms with E-state index in [9.17, 15) is 19.1 Å². The number of aliphatic hydroxyl groups excluding tert-OH is 1. The van der Waals surface area contributed by atoms with Gasteiger partial charge in [0.2, 0.25) is 5.91 Å². The summed E-state index contributed by atoms with van der Waals surface area (Å²) in [5, 5.41) is 9.69. The molecule has 0 spiro atoms. The van der Waals surface area contributed by atoms with Gasteiger partial charge in [-0.2, -0.15) is 0 Å². The van der Waals surface area contributed by atoms with E-state index in [2.05, 4.69) is 18.1 Å². The van der Waals surface area contributed by atoms with Gasteiger partial charge < -0.3 is 14.9 Å². The number of carbonyl (C=O) groups is 2. The Kier molecular flexibility index (Phi) is 7.15. The lowest BCUT2D eigenvalue weighted by Crippen LogP contribution is -2.42. The maximum atomic E-state index is 13.5. The van der Waals surface area contributed by atoms with Crippen LogP contribution in [0.1, 0.15) is 32.1 Å². The van der Waals surface area contributed by atoms with Gasteiger partial charge in [-0.05, 0) is 37.0 Å². The van der Waals surface area contributed by atoms with E-state index >= 15 is 0 Å². The molecule has 1 aromatic heterocycles. The molecular formula is C23H28FN3O3. The van der Waals surface area contributed by atoms with Crippen molar-refractivity contribution in [1.82, 2.24) is 4.98 Å². The molecule has 3 heterocycles. The Labute approximate surface area is 176 Å². The Hall–Kier alpha value is -2.80. The Morgan fingerprint density at radius 3 is 2.73 bits per heavy atom. The van der Waals surface area contributed by atoms with E-state index in [-0.39, 0.29) is 36.2 Å². The minimum absolute atomic E-state index is 0.0777. The first-order valence-electron chi connectivity index (χ1n) is 10.3. The minimum atomic E-state index is -0.656. The summed E-state index contributed by atoms with van der Waals surface area (Å²) in [6, 6.07) is 3.71. The molecule has 2 atom stereocenters. The Bertz CT molecular complexity index is 850. The average Bonchev–Trinajstić information content (AvgIpc) is 3.16. The topological polar surface area (TPSA) is 73.7 Å². The van der Waals surface area contributed by atoms with Crippen LogP contribution in [0, 0.1) is 5.92 Å². The molecule has 2 aliphatic rings. The third-order valence-corrected chi connectivity index (χ3v) is 5.61. The van der Waals surface area contributed by atoms with E-state index in [1.165, 1.54) is 12.2 Å². The Morgan fingerprint density at radius 1 is 1.33 bits per heavy atom. The smallest absolute Gasteiger partial charge is 0.230 e. The number of anilines is 2. The van der Waals surface area contributed by atoms with Crippen LogP contribution in [0.25, 0.3) is 0 Å². The van der Waals surface area contributed by atoms with Crippen molar-refractivity contribution in [1.29, 1.82) is 0 Å². The molecule has 2 saturated heterocycles. The van der Waals surface area contributed by atoms with Gasteiger partial charge in [-0.15, -0.1) is 0 Å². The Balaban J connectivity index is 1.63. The van der Waals surface area contributed by atoms with Gasteiger partial charge >= 0.3 is 0 Å². The number of hydrogen-bond donors (Lipinski definition) is 1. The molecule has 0 unspecified atom stereocenters. The molecule has 30 heavy (non-hydrogen) atoms. The number of β-amino-alcohol motifs (C(OH)–C–C–N with tert-alkyl or cyclic N) is 1. The highest BCUT2D eigenvalue weighted by Gasteiger charge is 2.31. The summed E-state index contributed by atoms with van der Waals surface area (Å²) >= 11 is 0. The van der Waals surface area contributed by atoms with Crippen LogP contribution >= 0.6 is 0 Å². The second-order valence-corrected chi connectivity index (χ2v) is 7.84. The summed E-state index contributed by atoms with van der Waals surface area (Å²) < 4.78 is 13.5. The summed E-state index contributed by atoms with van der Waals surface area (Å²) in [5.41, 5.74) is 0.895. The first-order valence-corrected chi connectivity index (χ1v) is 10.3. The number of aliphatic hydroxyl groups is 1. The van der Waals surface area contributed by atoms with Crippen molar-refractivity contribution in [3.8, 4) is 0 Å². The minimum Gasteiger partial charge on any atom is -0.391 e. The lowest BCUT2D eigenvalue weighted by atomic mass is 9.90. The molecule has 2 aliphatic heterocycles. The number of nitrogens with zero attached hydrogens (tertiary/aromatic N) is 3. The summed E-state index contributed by atoms with van der Waals surface area (Å²) in [6.45, 7) is 8.66. The zero-order chi connectivity index (χ0) is 21.7. The molecule has 3 rings (SSSR count). The molecule has 0 radical (unpaired) electrons. The third kappa shape index (κ3) is 5.21. The molecule has 0 saturated carbocycles. The first kappa shape index (κ1) is 21.9. The number of rotatable bonds is 8. The standard InChI is InChI=1S/C23H28FN3O3/c1-3-5-17(16(2)24)12-21(29)13-18-6-4-10-27(23(18)30)19-7-8-22(25-14-19)26-11-9-20(28)15-26/h3,5,7-8,14,18,20,28H,1-2,4,6,9-13,15H2/b17-5-/t18-,20+/m0/s1. The average molecular weight is 413 g/mol. The van der Waals surface area contributed by atoms with Crippen molar-refractivity contribution in [3.05, 3.63) is 55.0 Å². The third-order valence-electron chi connectivity index (χ3n) is 5.61. The Morgan fingerprint density at radius 2 is 2.13 bits per heavy atom. The van der Waals surface area contributed by atoms with E-state index in [4.69, 9.17) is 0 Å². The highest BCUT2D eigenvalue weighted by Crippen LogP contribution is 2.29. The van der Waals surface area contributed by atoms with Crippen LogP contribution in [-0.2, 0) is 9.59 Å². The van der Waals surface area contributed by atoms with Crippen molar-refractivity contribution < 1.29 is 19.1 Å². The molecule has 2 fully saturated rings. The van der Waals surface area contributed by atoms with E-state index in [0.29, 0.717) is 25.2 Å². The molecule has 0 bridgehead atoms. The number of hydrogen-bond acceptors (Lipinski definition) is 5. The normalized spacial score (nSPS) is 22.3. The molecule has 7 heteroatoms. The number of ketones is 1. The van der Waals surface area contributed by atoms with Gasteiger partial charge in [-0.1, -0.05) is 25.3 Å². The largest absolute Gasteiger partial charge is 0.391 e. The van der Waals surface area contributed by atoms with Gasteiger partial charge in [0, 0.05) is 38.4 Å². The van der Waals surface area contributed by atoms with Crippen LogP contribution in [-0.4, -0.2) is 47.5 Å². The van der Waals surface area contributed by atoms with Crippen LogP contribution in [0.2, 0.25) is 0 Å². The second kappa shape index (κ2) is 9.80. The highest BCUT2D eigenvalue weighted by atomic mass is 19.1. The summed E-state index contributed by atoms with van der Waals surface area (Å²) in [4.78, 5) is 33.5. The fourth-order valence-electron chi connectivity index (χ4n) is 4.02. The molecule has 1 aromatic rings. The molecule has 160 valence electrons. The van der Waals surface area contributed by atoms with Gasteiger partial charge in [-0.3, -0.25) is 9.59 Å². The molecule has 1 amide bonds. The van der Waals surface area contributed by atoms with Gasteiger partial charge in [0.1, 0.15) is 17.4 Å². The molecule has 0 aliphatic carbocycles. The number of allylic oxidation sites excluding steroid dienone is 4. The van der Waals surface area contributed by atoms with E-state index in [0.717, 1.165) is 25.2 Å². The second-order valence-electron chi connectivity index (χ2n) is 7.84. The molecule has 6 nitrogen and oxygen atoms in total. The molecule has 0 aromatic carbocycles. The van der Waals surface area contributed by atoms with Gasteiger partial charge in [0.25, 0.3) is 0 Å². The van der Waals surface area contributed by atoms with Crippen molar-refractivity contribution in [2.75, 3.05) is 29.4 Å². The molecule has 1 N–H and O–H groups in total. The maximum Gasteiger partial charge on any atom is 0.230 e. The van der Waals surface area contributed by atoms with Crippen LogP contribution in [0.15, 0.2) is 55.0 Å². The number of aromatic nitrogens is 1. The van der Waals surface area contributed by atoms with Crippen molar-refractivity contribution >= 4 is 23.2 Å². The summed E-state index contributed by atoms with van der Waals surface area (Å²) in [5.74, 6) is -0.592. The number of Topliss-reactive ketones (excluding diaryl/α,β-unsaturated/α-hetero) is 1.